The molecular weight excluding hydrogens is 2000 g/mol. The molecule has 0 bridgehead atoms. The second kappa shape index (κ2) is 46.9. The summed E-state index contributed by atoms with van der Waals surface area (Å²) in [6.07, 6.45) is 5.32. The van der Waals surface area contributed by atoms with Gasteiger partial charge in [-0.1, -0.05) is 124 Å². The maximum absolute atomic E-state index is 14.7. The Morgan fingerprint density at radius 1 is 0.358 bits per heavy atom. The average molecular weight is 2100 g/mol. The molecule has 4 amide bonds. The van der Waals surface area contributed by atoms with E-state index in [1.807, 2.05) is 152 Å². The summed E-state index contributed by atoms with van der Waals surface area (Å²) in [5, 5.41) is 33.8. The number of fused-ring (bicyclic) bond motifs is 12. The van der Waals surface area contributed by atoms with E-state index in [0.717, 1.165) is 136 Å². The van der Waals surface area contributed by atoms with E-state index in [1.165, 1.54) is 61.6 Å². The Kier molecular flexibility index (Phi) is 32.7. The molecule has 5 aromatic heterocycles. The Labute approximate surface area is 875 Å². The van der Waals surface area contributed by atoms with E-state index in [2.05, 4.69) is 30.1 Å². The monoisotopic (exact) mass is 2100 g/mol. The summed E-state index contributed by atoms with van der Waals surface area (Å²) in [6, 6.07) is 70.3. The van der Waals surface area contributed by atoms with Gasteiger partial charge < -0.3 is 72.8 Å². The largest absolute Gasteiger partial charge is 0.494 e. The van der Waals surface area contributed by atoms with Gasteiger partial charge in [-0.2, -0.15) is 15.0 Å². The summed E-state index contributed by atoms with van der Waals surface area (Å²) < 4.78 is 93.2. The summed E-state index contributed by atoms with van der Waals surface area (Å²) in [5.41, 5.74) is 16.6. The molecule has 148 heavy (non-hydrogen) atoms. The van der Waals surface area contributed by atoms with E-state index in [0.29, 0.717) is 150 Å². The fourth-order valence-electron chi connectivity index (χ4n) is 19.3. The van der Waals surface area contributed by atoms with Crippen molar-refractivity contribution in [2.45, 2.75) is 83.1 Å². The number of aromatic amines is 4. The minimum absolute atomic E-state index is 0.0544. The standard InChI is InChI=1S/C31H33Cl2N3O5.C31H30ClN5O4.C26H22ClFN2O3.C25H19ClF2N2O3/c32-22-4-9-25(10-5-22)41-31(39)36-14-12-26-27-20-23(33)6-11-28(27)34-29(26)30(36)21-2-7-24(8-3-21)40-19-1-13-35(15-17-37)16-18-38;1-20-4-8-23(9-5-20)41-31(38)36-16-12-24-25-19-22(32)7-10-26(25)35-29(24)30(36)21-6-11-27(28(18-21)39-2)40-17-3-15-37-33-13-14-34-37;1-15-3-7-18(8-4-15)33-26(31)30-12-11-19-20-14-17(27)6-9-22(20)29-24(19)25(30)16-5-10-23(32-2)21(28)13-16;1-32-22-9-2-14(12-20(22)28)24-23-18(19-13-15(26)3-8-21(19)29-23)10-11-30(24)25(31)33-17-6-4-16(27)5-7-17/h2-11,20,30,34,37-38H,1,12-19H2;4-11,13-14,18-19,30,35H,3,12,15-17H2,1-2H3;3-10,13-14,25,29H,11-12H2,1-2H3;2-9,12-13,24,29H,10-11H2,1H3. The highest BCUT2D eigenvalue weighted by Crippen LogP contribution is 2.48. The third kappa shape index (κ3) is 23.5. The van der Waals surface area contributed by atoms with Crippen molar-refractivity contribution in [2.75, 3.05) is 93.6 Å². The van der Waals surface area contributed by atoms with Crippen LogP contribution in [-0.2, 0) is 32.2 Å². The number of nitrogens with zero attached hydrogens (tertiary/aromatic N) is 8. The molecule has 4 aliphatic heterocycles. The van der Waals surface area contributed by atoms with Gasteiger partial charge in [0, 0.05) is 144 Å². The van der Waals surface area contributed by atoms with Gasteiger partial charge in [-0.25, -0.2) is 32.3 Å². The molecule has 17 aromatic rings. The number of carbonyl (C=O) groups is 4. The second-order valence-corrected chi connectivity index (χ2v) is 38.0. The number of halogens is 8. The molecule has 6 N–H and O–H groups in total. The Morgan fingerprint density at radius 3 is 1.03 bits per heavy atom. The van der Waals surface area contributed by atoms with Crippen LogP contribution in [0.15, 0.2) is 261 Å². The Morgan fingerprint density at radius 2 is 0.676 bits per heavy atom. The fraction of sp³-hybridized carbons (Fsp3) is 0.239. The lowest BCUT2D eigenvalue weighted by atomic mass is 9.92. The molecule has 4 atom stereocenters. The first kappa shape index (κ1) is 103. The number of hydrogen-bond acceptors (Lipinski definition) is 18. The third-order valence-corrected chi connectivity index (χ3v) is 27.6. The zero-order chi connectivity index (χ0) is 103. The van der Waals surface area contributed by atoms with Crippen LogP contribution in [0.2, 0.25) is 25.1 Å². The molecule has 4 aliphatic rings. The number of aliphatic hydroxyl groups is 2. The summed E-state index contributed by atoms with van der Waals surface area (Å²) >= 11 is 31.1. The predicted octanol–water partition coefficient (Wildman–Crippen LogP) is 24.7. The molecule has 0 aliphatic carbocycles. The Hall–Kier alpha value is -14.9. The van der Waals surface area contributed by atoms with Crippen LogP contribution < -0.4 is 42.6 Å². The first-order valence-electron chi connectivity index (χ1n) is 48.1. The van der Waals surface area contributed by atoms with Crippen LogP contribution in [0.4, 0.5) is 32.3 Å². The number of hydrogen-bond donors (Lipinski definition) is 6. The van der Waals surface area contributed by atoms with Gasteiger partial charge in [0.15, 0.2) is 34.6 Å². The van der Waals surface area contributed by atoms with E-state index in [9.17, 15) is 42.6 Å². The first-order valence-corrected chi connectivity index (χ1v) is 50.0. The maximum Gasteiger partial charge on any atom is 0.416 e. The molecule has 27 nitrogen and oxygen atoms in total. The third-order valence-electron chi connectivity index (χ3n) is 26.4. The van der Waals surface area contributed by atoms with Gasteiger partial charge in [0.25, 0.3) is 0 Å². The van der Waals surface area contributed by atoms with Crippen molar-refractivity contribution in [3.05, 3.63) is 382 Å². The summed E-state index contributed by atoms with van der Waals surface area (Å²) in [4.78, 5) is 77.7. The molecule has 0 spiro atoms. The number of aromatic nitrogens is 7. The zero-order valence-electron chi connectivity index (χ0n) is 81.2. The number of ether oxygens (including phenoxy) is 9. The van der Waals surface area contributed by atoms with Gasteiger partial charge in [0.05, 0.1) is 66.7 Å². The van der Waals surface area contributed by atoms with E-state index in [-0.39, 0.29) is 30.5 Å². The Bertz CT molecular complexity index is 7400. The van der Waals surface area contributed by atoms with Crippen LogP contribution >= 0.6 is 58.0 Å². The molecular formula is C113H104Cl5F3N12O15. The van der Waals surface area contributed by atoms with Crippen LogP contribution in [-0.4, -0.2) is 188 Å². The predicted molar refractivity (Wildman–Crippen MR) is 563 cm³/mol. The first-order chi connectivity index (χ1) is 71.8. The molecule has 0 saturated heterocycles. The number of rotatable bonds is 25. The number of benzene rings is 12. The van der Waals surface area contributed by atoms with Crippen molar-refractivity contribution in [2.24, 2.45) is 0 Å². The minimum Gasteiger partial charge on any atom is -0.494 e. The zero-order valence-corrected chi connectivity index (χ0v) is 84.9. The molecule has 12 aromatic carbocycles. The van der Waals surface area contributed by atoms with Gasteiger partial charge >= 0.3 is 24.4 Å². The van der Waals surface area contributed by atoms with Gasteiger partial charge in [0.1, 0.15) is 58.7 Å². The van der Waals surface area contributed by atoms with Crippen molar-refractivity contribution in [1.29, 1.82) is 0 Å². The number of methoxy groups -OCH3 is 3. The highest BCUT2D eigenvalue weighted by atomic mass is 35.5. The number of H-pyrrole nitrogens is 4. The second-order valence-electron chi connectivity index (χ2n) is 35.8. The van der Waals surface area contributed by atoms with Crippen molar-refractivity contribution in [3.8, 4) is 51.7 Å². The van der Waals surface area contributed by atoms with Crippen molar-refractivity contribution in [1.82, 2.24) is 59.4 Å². The SMILES string of the molecule is COc1cc(C2c3[nH]c4ccc(Cl)cc4c3CCN2C(=O)Oc2ccc(C)cc2)ccc1OCCCn1nccn1.COc1ccc(C2c3[nH]c4ccc(Cl)cc4c3CCN2C(=O)Oc2ccc(C)cc2)cc1F.COc1ccc(C2c3[nH]c4ccc(Cl)cc4c3CCN2C(=O)Oc2ccc(F)cc2)cc1F.O=C(Oc1ccc(Cl)cc1)N1CCc2c([nH]c3ccc(Cl)cc23)C1c1ccc(OCCCN(CCO)CCO)cc1. The number of aliphatic hydroxyl groups excluding tert-OH is 2. The normalized spacial score (nSPS) is 15.0. The smallest absolute Gasteiger partial charge is 0.416 e. The van der Waals surface area contributed by atoms with Crippen LogP contribution in [0.3, 0.4) is 0 Å². The highest BCUT2D eigenvalue weighted by molar-refractivity contribution is 6.32. The topological polar surface area (TPSA) is 302 Å². The molecule has 35 heteroatoms. The van der Waals surface area contributed by atoms with Gasteiger partial charge in [0.2, 0.25) is 0 Å². The van der Waals surface area contributed by atoms with Gasteiger partial charge in [-0.15, -0.1) is 0 Å². The van der Waals surface area contributed by atoms with Crippen LogP contribution in [0.5, 0.6) is 51.7 Å². The Balaban J connectivity index is 0.000000130. The van der Waals surface area contributed by atoms with Crippen LogP contribution in [0, 0.1) is 31.3 Å². The van der Waals surface area contributed by atoms with E-state index in [1.54, 1.807) is 112 Å². The number of amides is 4. The molecule has 0 saturated carbocycles. The quantitative estimate of drug-likeness (QED) is 0.0290. The lowest BCUT2D eigenvalue weighted by molar-refractivity contribution is 0.134. The van der Waals surface area contributed by atoms with E-state index >= 15 is 0 Å². The van der Waals surface area contributed by atoms with E-state index in [4.69, 9.17) is 101 Å². The highest BCUT2D eigenvalue weighted by Gasteiger charge is 2.42. The van der Waals surface area contributed by atoms with E-state index < -0.39 is 66.0 Å². The summed E-state index contributed by atoms with van der Waals surface area (Å²) in [6.45, 7) is 9.17. The van der Waals surface area contributed by atoms with Crippen molar-refractivity contribution < 1.29 is 85.2 Å². The summed E-state index contributed by atoms with van der Waals surface area (Å²) in [7, 11) is 4.42. The minimum atomic E-state index is -0.631. The number of carbonyl (C=O) groups excluding carboxylic acids is 4. The summed E-state index contributed by atoms with van der Waals surface area (Å²) in [5.74, 6) is 2.32. The van der Waals surface area contributed by atoms with Gasteiger partial charge in [-0.05, 0) is 285 Å². The molecule has 9 heterocycles. The number of aryl methyl sites for hydroxylation is 3. The van der Waals surface area contributed by atoms with Crippen molar-refractivity contribution >= 4 is 126 Å². The molecule has 21 rings (SSSR count). The number of nitrogens with one attached hydrogen (secondary N) is 4. The van der Waals surface area contributed by atoms with Crippen LogP contribution in [0.1, 0.15) is 115 Å². The molecule has 4 unspecified atom stereocenters. The average Bonchev–Trinajstić information content (AvgIpc) is 1.60. The van der Waals surface area contributed by atoms with Crippen molar-refractivity contribution in [3.63, 3.8) is 0 Å². The lowest BCUT2D eigenvalue weighted by Crippen LogP contribution is -2.42. The maximum atomic E-state index is 14.7. The lowest BCUT2D eigenvalue weighted by Gasteiger charge is -2.35. The molecule has 0 radical (unpaired) electrons. The fourth-order valence-corrected chi connectivity index (χ4v) is 20.2. The molecule has 0 fully saturated rings. The van der Waals surface area contributed by atoms with Crippen LogP contribution in [0.25, 0.3) is 43.6 Å². The molecule has 762 valence electrons. The van der Waals surface area contributed by atoms with Gasteiger partial charge in [-0.3, -0.25) is 24.5 Å².